The Bertz CT molecular complexity index is 1430. The van der Waals surface area contributed by atoms with Gasteiger partial charge in [0.05, 0.1) is 0 Å². The summed E-state index contributed by atoms with van der Waals surface area (Å²) < 4.78 is 12.8. The molecule has 0 amide bonds. The average molecular weight is 817 g/mol. The van der Waals surface area contributed by atoms with Gasteiger partial charge in [-0.2, -0.15) is 0 Å². The Labute approximate surface area is 366 Å². The molecule has 0 aliphatic carbocycles. The number of unbranched alkanes of at least 4 members (excludes halogenated alkanes) is 8. The van der Waals surface area contributed by atoms with Crippen LogP contribution in [0.15, 0.2) is 97.1 Å². The number of anilines is 4. The highest BCUT2D eigenvalue weighted by Gasteiger charge is 2.13. The summed E-state index contributed by atoms with van der Waals surface area (Å²) in [4.78, 5) is 10.4. The van der Waals surface area contributed by atoms with E-state index in [-0.39, 0.29) is 0 Å². The number of hydrogen-bond acceptors (Lipinski definition) is 6. The molecule has 0 N–H and O–H groups in total. The van der Waals surface area contributed by atoms with Crippen molar-refractivity contribution < 1.29 is 9.47 Å². The molecule has 0 saturated heterocycles. The lowest BCUT2D eigenvalue weighted by atomic mass is 10.1. The van der Waals surface area contributed by atoms with E-state index >= 15 is 0 Å². The van der Waals surface area contributed by atoms with Gasteiger partial charge in [-0.25, -0.2) is 0 Å². The topological polar surface area (TPSA) is 31.4 Å². The van der Waals surface area contributed by atoms with Crippen LogP contribution in [0.4, 0.5) is 22.7 Å². The van der Waals surface area contributed by atoms with E-state index in [2.05, 4.69) is 144 Å². The molecule has 7 aliphatic heterocycles. The van der Waals surface area contributed by atoms with Crippen LogP contribution in [0.3, 0.4) is 0 Å². The lowest BCUT2D eigenvalue weighted by Crippen LogP contribution is -2.27. The molecule has 60 heavy (non-hydrogen) atoms. The van der Waals surface area contributed by atoms with Crippen LogP contribution in [-0.4, -0.2) is 52.4 Å². The molecule has 7 aliphatic rings. The second kappa shape index (κ2) is 27.5. The first-order chi connectivity index (χ1) is 29.6. The van der Waals surface area contributed by atoms with Crippen LogP contribution in [0.25, 0.3) is 0 Å². The standard InChI is InChI=1S/C54H80N4O2/c1-5-9-15-39-55-43-19-13-20-44-56(40-16-10-6-2)48-27-35-53(36-28-48)60-54-37-29-50(30-38-54)58(42-18-12-8-4)46-22-14-21-45-57(41-17-11-7-3)49-25-33-52(34-26-49)59-51-31-23-47(55)24-32-51/h23-38H,5-22,39-46H2,1-4H3. The molecule has 4 aromatic rings. The van der Waals surface area contributed by atoms with Crippen LogP contribution in [0, 0.1) is 0 Å². The minimum atomic E-state index is 0.897. The molecule has 0 unspecified atom stereocenters. The largest absolute Gasteiger partial charge is 0.457 e. The second-order valence-corrected chi connectivity index (χ2v) is 17.1. The minimum Gasteiger partial charge on any atom is -0.457 e. The second-order valence-electron chi connectivity index (χ2n) is 17.1. The molecule has 0 spiro atoms. The number of hydrogen-bond donors (Lipinski definition) is 0. The molecule has 7 heterocycles. The monoisotopic (exact) mass is 817 g/mol. The summed E-state index contributed by atoms with van der Waals surface area (Å²) in [5.41, 5.74) is 5.19. The molecule has 6 heteroatoms. The predicted octanol–water partition coefficient (Wildman–Crippen LogP) is 15.3. The first-order valence-corrected chi connectivity index (χ1v) is 24.4. The van der Waals surface area contributed by atoms with E-state index in [9.17, 15) is 0 Å². The van der Waals surface area contributed by atoms with Gasteiger partial charge in [-0.05, 0) is 161 Å². The van der Waals surface area contributed by atoms with E-state index in [1.54, 1.807) is 0 Å². The molecule has 0 saturated carbocycles. The van der Waals surface area contributed by atoms with Gasteiger partial charge in [-0.15, -0.1) is 0 Å². The summed E-state index contributed by atoms with van der Waals surface area (Å²) in [7, 11) is 0. The molecule has 11 rings (SSSR count). The van der Waals surface area contributed by atoms with Crippen LogP contribution < -0.4 is 29.1 Å². The average Bonchev–Trinajstić information content (AvgIpc) is 3.27. The Balaban J connectivity index is 1.33. The zero-order chi connectivity index (χ0) is 42.0. The molecule has 8 bridgehead atoms. The van der Waals surface area contributed by atoms with Gasteiger partial charge in [-0.3, -0.25) is 0 Å². The maximum absolute atomic E-state index is 6.42. The molecule has 0 fully saturated rings. The van der Waals surface area contributed by atoms with E-state index in [4.69, 9.17) is 9.47 Å². The van der Waals surface area contributed by atoms with Crippen LogP contribution in [0.1, 0.15) is 143 Å². The minimum absolute atomic E-state index is 0.897. The van der Waals surface area contributed by atoms with Gasteiger partial charge < -0.3 is 29.1 Å². The van der Waals surface area contributed by atoms with E-state index in [0.29, 0.717) is 0 Å². The maximum atomic E-state index is 6.42. The van der Waals surface area contributed by atoms with Crippen LogP contribution in [0.2, 0.25) is 0 Å². The highest BCUT2D eigenvalue weighted by atomic mass is 16.5. The Morgan fingerprint density at radius 1 is 0.300 bits per heavy atom. The van der Waals surface area contributed by atoms with Gasteiger partial charge in [0.1, 0.15) is 23.0 Å². The van der Waals surface area contributed by atoms with Gasteiger partial charge in [0, 0.05) is 75.1 Å². The van der Waals surface area contributed by atoms with Crippen molar-refractivity contribution in [2.24, 2.45) is 0 Å². The quantitative estimate of drug-likeness (QED) is 0.105. The first kappa shape index (κ1) is 46.7. The van der Waals surface area contributed by atoms with Gasteiger partial charge in [0.15, 0.2) is 0 Å². The Hall–Kier alpha value is -4.32. The van der Waals surface area contributed by atoms with Crippen molar-refractivity contribution in [3.05, 3.63) is 97.1 Å². The van der Waals surface area contributed by atoms with Crippen LogP contribution in [-0.2, 0) is 0 Å². The molecule has 0 aromatic heterocycles. The lowest BCUT2D eigenvalue weighted by molar-refractivity contribution is 0.482. The Morgan fingerprint density at radius 2 is 0.517 bits per heavy atom. The van der Waals surface area contributed by atoms with Crippen molar-refractivity contribution in [3.63, 3.8) is 0 Å². The zero-order valence-electron chi connectivity index (χ0n) is 38.2. The summed E-state index contributed by atoms with van der Waals surface area (Å²) in [5.74, 6) is 3.59. The number of ether oxygens (including phenoxy) is 2. The molecule has 328 valence electrons. The van der Waals surface area contributed by atoms with Gasteiger partial charge in [0.25, 0.3) is 0 Å². The van der Waals surface area contributed by atoms with Crippen molar-refractivity contribution >= 4 is 22.7 Å². The predicted molar refractivity (Wildman–Crippen MR) is 261 cm³/mol. The SMILES string of the molecule is CCCCCN1CCCCCN(CCCCC)c2ccc(cc2)Oc2ccc(cc2)N(CCCCC)CCCCCN(CCCCC)c2ccc(cc2)Oc2ccc1cc2. The third-order valence-electron chi connectivity index (χ3n) is 12.1. The fourth-order valence-corrected chi connectivity index (χ4v) is 8.43. The van der Waals surface area contributed by atoms with Crippen molar-refractivity contribution in [2.75, 3.05) is 72.0 Å². The highest BCUT2D eigenvalue weighted by Crippen LogP contribution is 2.30. The lowest BCUT2D eigenvalue weighted by Gasteiger charge is -2.27. The summed E-state index contributed by atoms with van der Waals surface area (Å²) in [6.45, 7) is 17.9. The van der Waals surface area contributed by atoms with Crippen molar-refractivity contribution in [2.45, 2.75) is 143 Å². The molecule has 0 radical (unpaired) electrons. The van der Waals surface area contributed by atoms with Crippen molar-refractivity contribution in [3.8, 4) is 23.0 Å². The van der Waals surface area contributed by atoms with Crippen LogP contribution in [0.5, 0.6) is 23.0 Å². The first-order valence-electron chi connectivity index (χ1n) is 24.4. The molecular formula is C54H80N4O2. The van der Waals surface area contributed by atoms with Gasteiger partial charge >= 0.3 is 0 Å². The van der Waals surface area contributed by atoms with E-state index in [1.807, 2.05) is 0 Å². The Morgan fingerprint density at radius 3 is 0.717 bits per heavy atom. The van der Waals surface area contributed by atoms with E-state index in [1.165, 1.54) is 138 Å². The summed E-state index contributed by atoms with van der Waals surface area (Å²) in [6, 6.07) is 35.3. The number of benzene rings is 4. The van der Waals surface area contributed by atoms with E-state index in [0.717, 1.165) is 75.4 Å². The zero-order valence-corrected chi connectivity index (χ0v) is 38.2. The third kappa shape index (κ3) is 16.3. The van der Waals surface area contributed by atoms with E-state index < -0.39 is 0 Å². The van der Waals surface area contributed by atoms with Crippen molar-refractivity contribution in [1.82, 2.24) is 0 Å². The fraction of sp³-hybridized carbons (Fsp3) is 0.556. The van der Waals surface area contributed by atoms with Gasteiger partial charge in [0.2, 0.25) is 0 Å². The highest BCUT2D eigenvalue weighted by molar-refractivity contribution is 5.53. The number of nitrogens with zero attached hydrogens (tertiary/aromatic N) is 4. The summed E-state index contributed by atoms with van der Waals surface area (Å²) >= 11 is 0. The summed E-state index contributed by atoms with van der Waals surface area (Å²) in [6.07, 6.45) is 22.1. The molecule has 4 aromatic carbocycles. The summed E-state index contributed by atoms with van der Waals surface area (Å²) in [5, 5.41) is 0. The molecule has 6 nitrogen and oxygen atoms in total. The number of rotatable bonds is 16. The third-order valence-corrected chi connectivity index (χ3v) is 12.1. The van der Waals surface area contributed by atoms with Crippen LogP contribution >= 0.6 is 0 Å². The Kier molecular flexibility index (Phi) is 21.4. The smallest absolute Gasteiger partial charge is 0.127 e. The molecule has 0 atom stereocenters. The maximum Gasteiger partial charge on any atom is 0.127 e. The molecular weight excluding hydrogens is 737 g/mol. The normalized spacial score (nSPS) is 14.9. The van der Waals surface area contributed by atoms with Gasteiger partial charge in [-0.1, -0.05) is 79.1 Å². The fourth-order valence-electron chi connectivity index (χ4n) is 8.43. The van der Waals surface area contributed by atoms with Crippen molar-refractivity contribution in [1.29, 1.82) is 0 Å².